The maximum Gasteiger partial charge on any atom is 0.218 e. The van der Waals surface area contributed by atoms with E-state index in [1.807, 2.05) is 55.5 Å². The van der Waals surface area contributed by atoms with Gasteiger partial charge in [-0.1, -0.05) is 36.4 Å². The summed E-state index contributed by atoms with van der Waals surface area (Å²) in [6.45, 7) is 2.47. The molecule has 1 unspecified atom stereocenters. The first-order valence-corrected chi connectivity index (χ1v) is 9.32. The van der Waals surface area contributed by atoms with Crippen LogP contribution < -0.4 is 4.74 Å². The van der Waals surface area contributed by atoms with Crippen molar-refractivity contribution in [2.75, 3.05) is 13.7 Å². The van der Waals surface area contributed by atoms with Crippen molar-refractivity contribution in [3.8, 4) is 5.75 Å². The van der Waals surface area contributed by atoms with Crippen LogP contribution in [0.1, 0.15) is 29.7 Å². The number of ether oxygens (including phenoxy) is 1. The fourth-order valence-electron chi connectivity index (χ4n) is 3.14. The van der Waals surface area contributed by atoms with E-state index < -0.39 is 10.0 Å². The molecule has 0 N–H and O–H groups in total. The zero-order valence-electron chi connectivity index (χ0n) is 13.4. The van der Waals surface area contributed by atoms with Gasteiger partial charge < -0.3 is 4.74 Å². The molecule has 0 radical (unpaired) electrons. The molecule has 0 spiro atoms. The Morgan fingerprint density at radius 3 is 2.61 bits per heavy atom. The maximum atomic E-state index is 12.8. The molecule has 23 heavy (non-hydrogen) atoms. The molecule has 0 aliphatic carbocycles. The topological polar surface area (TPSA) is 46.6 Å². The van der Waals surface area contributed by atoms with Gasteiger partial charge in [0.05, 0.1) is 12.9 Å². The summed E-state index contributed by atoms with van der Waals surface area (Å²) < 4.78 is 32.5. The summed E-state index contributed by atoms with van der Waals surface area (Å²) >= 11 is 0. The van der Waals surface area contributed by atoms with E-state index in [2.05, 4.69) is 0 Å². The van der Waals surface area contributed by atoms with Crippen molar-refractivity contribution in [1.82, 2.24) is 4.31 Å². The fraction of sp³-hybridized carbons (Fsp3) is 0.333. The van der Waals surface area contributed by atoms with Crippen LogP contribution in [0.25, 0.3) is 0 Å². The molecule has 2 aromatic carbocycles. The molecule has 3 rings (SSSR count). The van der Waals surface area contributed by atoms with Crippen LogP contribution in [0, 0.1) is 0 Å². The first-order chi connectivity index (χ1) is 11.0. The lowest BCUT2D eigenvalue weighted by molar-refractivity contribution is 0.324. The minimum atomic E-state index is -3.36. The molecule has 1 aliphatic heterocycles. The van der Waals surface area contributed by atoms with Crippen LogP contribution in [0.15, 0.2) is 48.5 Å². The fourth-order valence-corrected chi connectivity index (χ4v) is 4.89. The van der Waals surface area contributed by atoms with Crippen molar-refractivity contribution in [3.05, 3.63) is 65.2 Å². The van der Waals surface area contributed by atoms with Gasteiger partial charge in [0, 0.05) is 12.6 Å². The van der Waals surface area contributed by atoms with Crippen LogP contribution in [0.2, 0.25) is 0 Å². The second kappa shape index (κ2) is 6.34. The van der Waals surface area contributed by atoms with E-state index in [0.717, 1.165) is 23.3 Å². The smallest absolute Gasteiger partial charge is 0.218 e. The maximum absolute atomic E-state index is 12.8. The highest BCUT2D eigenvalue weighted by Crippen LogP contribution is 2.34. The molecular formula is C18H21NO3S. The van der Waals surface area contributed by atoms with Crippen molar-refractivity contribution < 1.29 is 13.2 Å². The predicted octanol–water partition coefficient (Wildman–Crippen LogP) is 3.14. The SMILES string of the molecule is COc1ccc2c(c1)C(C)N(S(=O)(=O)Cc1ccccc1)CC2. The van der Waals surface area contributed by atoms with E-state index in [1.54, 1.807) is 11.4 Å². The van der Waals surface area contributed by atoms with Gasteiger partial charge in [0.2, 0.25) is 10.0 Å². The zero-order valence-corrected chi connectivity index (χ0v) is 14.2. The number of rotatable bonds is 4. The van der Waals surface area contributed by atoms with Gasteiger partial charge in [0.15, 0.2) is 0 Å². The summed E-state index contributed by atoms with van der Waals surface area (Å²) in [5, 5.41) is 0. The Hall–Kier alpha value is -1.85. The highest BCUT2D eigenvalue weighted by molar-refractivity contribution is 7.88. The number of sulfonamides is 1. The van der Waals surface area contributed by atoms with Gasteiger partial charge >= 0.3 is 0 Å². The van der Waals surface area contributed by atoms with Crippen LogP contribution in [-0.4, -0.2) is 26.4 Å². The normalized spacial score (nSPS) is 18.4. The molecule has 0 amide bonds. The zero-order chi connectivity index (χ0) is 16.4. The summed E-state index contributed by atoms with van der Waals surface area (Å²) in [5.41, 5.74) is 3.05. The van der Waals surface area contributed by atoms with Gasteiger partial charge in [-0.05, 0) is 42.2 Å². The lowest BCUT2D eigenvalue weighted by atomic mass is 9.95. The summed E-state index contributed by atoms with van der Waals surface area (Å²) in [5.74, 6) is 0.801. The molecule has 0 saturated carbocycles. The summed E-state index contributed by atoms with van der Waals surface area (Å²) in [6, 6.07) is 15.1. The molecule has 0 fully saturated rings. The average Bonchev–Trinajstić information content (AvgIpc) is 2.55. The highest BCUT2D eigenvalue weighted by atomic mass is 32.2. The van der Waals surface area contributed by atoms with E-state index in [9.17, 15) is 8.42 Å². The monoisotopic (exact) mass is 331 g/mol. The number of hydrogen-bond acceptors (Lipinski definition) is 3. The molecule has 122 valence electrons. The molecular weight excluding hydrogens is 310 g/mol. The Labute approximate surface area is 137 Å². The minimum absolute atomic E-state index is 0.0392. The Morgan fingerprint density at radius 2 is 1.91 bits per heavy atom. The quantitative estimate of drug-likeness (QED) is 0.865. The minimum Gasteiger partial charge on any atom is -0.497 e. The van der Waals surface area contributed by atoms with Crippen molar-refractivity contribution in [1.29, 1.82) is 0 Å². The lowest BCUT2D eigenvalue weighted by Gasteiger charge is -2.34. The molecule has 1 atom stereocenters. The Morgan fingerprint density at radius 1 is 1.17 bits per heavy atom. The van der Waals surface area contributed by atoms with E-state index in [0.29, 0.717) is 6.54 Å². The molecule has 1 aliphatic rings. The van der Waals surface area contributed by atoms with Crippen molar-refractivity contribution >= 4 is 10.0 Å². The van der Waals surface area contributed by atoms with E-state index in [4.69, 9.17) is 4.74 Å². The van der Waals surface area contributed by atoms with E-state index >= 15 is 0 Å². The van der Waals surface area contributed by atoms with Crippen LogP contribution in [-0.2, 0) is 22.2 Å². The molecule has 5 heteroatoms. The second-order valence-electron chi connectivity index (χ2n) is 5.84. The molecule has 4 nitrogen and oxygen atoms in total. The van der Waals surface area contributed by atoms with Gasteiger partial charge in [0.25, 0.3) is 0 Å². The molecule has 1 heterocycles. The Balaban J connectivity index is 1.89. The first-order valence-electron chi connectivity index (χ1n) is 7.71. The number of hydrogen-bond donors (Lipinski definition) is 0. The molecule has 0 aromatic heterocycles. The number of methoxy groups -OCH3 is 1. The second-order valence-corrected chi connectivity index (χ2v) is 7.76. The number of fused-ring (bicyclic) bond motifs is 1. The van der Waals surface area contributed by atoms with E-state index in [1.165, 1.54) is 5.56 Å². The molecule has 2 aromatic rings. The summed E-state index contributed by atoms with van der Waals surface area (Å²) in [7, 11) is -1.73. The largest absolute Gasteiger partial charge is 0.497 e. The third-order valence-corrected chi connectivity index (χ3v) is 6.30. The average molecular weight is 331 g/mol. The molecule has 0 saturated heterocycles. The van der Waals surface area contributed by atoms with Crippen LogP contribution >= 0.6 is 0 Å². The van der Waals surface area contributed by atoms with Gasteiger partial charge in [-0.25, -0.2) is 8.42 Å². The standard InChI is InChI=1S/C18H21NO3S/c1-14-18-12-17(22-2)9-8-16(18)10-11-19(14)23(20,21)13-15-6-4-3-5-7-15/h3-9,12,14H,10-11,13H2,1-2H3. The predicted molar refractivity (Wildman–Crippen MR) is 90.9 cm³/mol. The third kappa shape index (κ3) is 3.26. The van der Waals surface area contributed by atoms with Crippen LogP contribution in [0.5, 0.6) is 5.75 Å². The van der Waals surface area contributed by atoms with Crippen LogP contribution in [0.4, 0.5) is 0 Å². The summed E-state index contributed by atoms with van der Waals surface area (Å²) in [4.78, 5) is 0. The lowest BCUT2D eigenvalue weighted by Crippen LogP contribution is -2.39. The van der Waals surface area contributed by atoms with Gasteiger partial charge in [0.1, 0.15) is 5.75 Å². The Bertz CT molecular complexity index is 787. The van der Waals surface area contributed by atoms with Crippen molar-refractivity contribution in [2.45, 2.75) is 25.1 Å². The highest BCUT2D eigenvalue weighted by Gasteiger charge is 2.32. The summed E-state index contributed by atoms with van der Waals surface area (Å²) in [6.07, 6.45) is 0.734. The first kappa shape index (κ1) is 16.0. The van der Waals surface area contributed by atoms with E-state index in [-0.39, 0.29) is 11.8 Å². The van der Waals surface area contributed by atoms with Crippen molar-refractivity contribution in [2.24, 2.45) is 0 Å². The Kier molecular flexibility index (Phi) is 4.41. The van der Waals surface area contributed by atoms with Gasteiger partial charge in [-0.3, -0.25) is 0 Å². The number of nitrogens with zero attached hydrogens (tertiary/aromatic N) is 1. The molecule has 0 bridgehead atoms. The van der Waals surface area contributed by atoms with Gasteiger partial charge in [-0.15, -0.1) is 0 Å². The number of benzene rings is 2. The van der Waals surface area contributed by atoms with Crippen LogP contribution in [0.3, 0.4) is 0 Å². The third-order valence-electron chi connectivity index (χ3n) is 4.39. The van der Waals surface area contributed by atoms with Gasteiger partial charge in [-0.2, -0.15) is 4.31 Å². The van der Waals surface area contributed by atoms with Crippen molar-refractivity contribution in [3.63, 3.8) is 0 Å².